The van der Waals surface area contributed by atoms with Crippen molar-refractivity contribution >= 4 is 23.2 Å². The normalized spacial score (nSPS) is 22.9. The second-order valence-corrected chi connectivity index (χ2v) is 5.71. The Bertz CT molecular complexity index is 533. The highest BCUT2D eigenvalue weighted by atomic mass is 35.5. The zero-order valence-corrected chi connectivity index (χ0v) is 12.0. The molecule has 2 unspecified atom stereocenters. The molecule has 1 aromatic carbocycles. The van der Waals surface area contributed by atoms with E-state index in [2.05, 4.69) is 5.32 Å². The monoisotopic (exact) mass is 320 g/mol. The first-order valence-electron chi connectivity index (χ1n) is 6.71. The van der Waals surface area contributed by atoms with Gasteiger partial charge in [-0.3, -0.25) is 4.79 Å². The number of hydrogen-bond acceptors (Lipinski definition) is 2. The van der Waals surface area contributed by atoms with Crippen LogP contribution >= 0.6 is 11.6 Å². The van der Waals surface area contributed by atoms with Gasteiger partial charge in [0.2, 0.25) is 5.91 Å². The third-order valence-electron chi connectivity index (χ3n) is 3.65. The summed E-state index contributed by atoms with van der Waals surface area (Å²) in [7, 11) is 0. The summed E-state index contributed by atoms with van der Waals surface area (Å²) in [5, 5.41) is 2.42. The predicted octanol–water partition coefficient (Wildman–Crippen LogP) is 3.81. The molecule has 0 bridgehead atoms. The van der Waals surface area contributed by atoms with Crippen LogP contribution in [0.3, 0.4) is 0 Å². The summed E-state index contributed by atoms with van der Waals surface area (Å²) in [6.07, 6.45) is -1.23. The van der Waals surface area contributed by atoms with E-state index in [0.717, 1.165) is 31.4 Å². The van der Waals surface area contributed by atoms with Crippen LogP contribution in [0, 0.1) is 5.92 Å². The van der Waals surface area contributed by atoms with Crippen molar-refractivity contribution in [2.75, 3.05) is 5.32 Å². The van der Waals surface area contributed by atoms with E-state index in [4.69, 9.17) is 17.3 Å². The molecule has 1 aliphatic carbocycles. The second-order valence-electron chi connectivity index (χ2n) is 5.27. The van der Waals surface area contributed by atoms with Gasteiger partial charge < -0.3 is 11.1 Å². The molecule has 0 spiro atoms. The van der Waals surface area contributed by atoms with Gasteiger partial charge in [-0.15, -0.1) is 0 Å². The molecule has 1 fully saturated rings. The van der Waals surface area contributed by atoms with Crippen LogP contribution in [0.1, 0.15) is 31.2 Å². The molecule has 1 aliphatic rings. The molecule has 2 rings (SSSR count). The minimum absolute atomic E-state index is 0.0394. The van der Waals surface area contributed by atoms with E-state index in [1.165, 1.54) is 6.07 Å². The largest absolute Gasteiger partial charge is 0.416 e. The number of alkyl halides is 3. The fourth-order valence-electron chi connectivity index (χ4n) is 2.55. The average Bonchev–Trinajstić information content (AvgIpc) is 2.37. The van der Waals surface area contributed by atoms with Crippen LogP contribution in [0.5, 0.6) is 0 Å². The number of hydrogen-bond donors (Lipinski definition) is 2. The number of carbonyl (C=O) groups excluding carboxylic acids is 1. The van der Waals surface area contributed by atoms with E-state index in [9.17, 15) is 18.0 Å². The number of anilines is 1. The molecule has 2 atom stereocenters. The number of nitrogens with one attached hydrogen (secondary N) is 1. The maximum atomic E-state index is 12.7. The van der Waals surface area contributed by atoms with Gasteiger partial charge in [0.15, 0.2) is 0 Å². The van der Waals surface area contributed by atoms with E-state index in [0.29, 0.717) is 6.42 Å². The lowest BCUT2D eigenvalue weighted by Gasteiger charge is -2.27. The first-order chi connectivity index (χ1) is 9.77. The van der Waals surface area contributed by atoms with Gasteiger partial charge in [-0.2, -0.15) is 13.2 Å². The smallest absolute Gasteiger partial charge is 0.327 e. The number of nitrogens with two attached hydrogens (primary N) is 1. The molecule has 116 valence electrons. The highest BCUT2D eigenvalue weighted by Crippen LogP contribution is 2.33. The molecule has 3 nitrogen and oxygen atoms in total. The first kappa shape index (κ1) is 16.1. The molecule has 0 saturated heterocycles. The van der Waals surface area contributed by atoms with Gasteiger partial charge in [0.1, 0.15) is 0 Å². The molecule has 7 heteroatoms. The highest BCUT2D eigenvalue weighted by Gasteiger charge is 2.32. The van der Waals surface area contributed by atoms with Crippen LogP contribution < -0.4 is 11.1 Å². The van der Waals surface area contributed by atoms with Gasteiger partial charge in [-0.25, -0.2) is 0 Å². The molecule has 1 amide bonds. The summed E-state index contributed by atoms with van der Waals surface area (Å²) < 4.78 is 38.1. The molecule has 1 saturated carbocycles. The van der Waals surface area contributed by atoms with Gasteiger partial charge in [0.25, 0.3) is 0 Å². The molecule has 0 heterocycles. The molecule has 21 heavy (non-hydrogen) atoms. The highest BCUT2D eigenvalue weighted by molar-refractivity contribution is 6.31. The van der Waals surface area contributed by atoms with Crippen LogP contribution in [-0.2, 0) is 11.0 Å². The number of halogens is 4. The third kappa shape index (κ3) is 4.11. The number of carbonyl (C=O) groups is 1. The van der Waals surface area contributed by atoms with Gasteiger partial charge in [0, 0.05) is 16.8 Å². The summed E-state index contributed by atoms with van der Waals surface area (Å²) in [4.78, 5) is 12.1. The van der Waals surface area contributed by atoms with Gasteiger partial charge in [-0.05, 0) is 31.0 Å². The number of rotatable bonds is 2. The maximum Gasteiger partial charge on any atom is 0.416 e. The minimum atomic E-state index is -4.51. The summed E-state index contributed by atoms with van der Waals surface area (Å²) in [6.45, 7) is 0. The fraction of sp³-hybridized carbons (Fsp3) is 0.500. The summed E-state index contributed by atoms with van der Waals surface area (Å²) >= 11 is 5.68. The Kier molecular flexibility index (Phi) is 4.78. The predicted molar refractivity (Wildman–Crippen MR) is 75.0 cm³/mol. The van der Waals surface area contributed by atoms with E-state index in [-0.39, 0.29) is 28.6 Å². The molecule has 3 N–H and O–H groups in total. The zero-order chi connectivity index (χ0) is 15.6. The van der Waals surface area contributed by atoms with Crippen LogP contribution in [0.15, 0.2) is 18.2 Å². The van der Waals surface area contributed by atoms with Crippen LogP contribution in [0.2, 0.25) is 5.02 Å². The van der Waals surface area contributed by atoms with Crippen molar-refractivity contribution in [2.45, 2.75) is 37.9 Å². The van der Waals surface area contributed by atoms with Crippen molar-refractivity contribution in [3.8, 4) is 0 Å². The van der Waals surface area contributed by atoms with E-state index < -0.39 is 11.7 Å². The standard InChI is InChI=1S/C14H16ClF3N2O/c15-9-5-8(14(16,17)18)6-10(7-9)20-13(21)11-3-1-2-4-12(11)19/h5-7,11-12H,1-4,19H2,(H,20,21). The Morgan fingerprint density at radius 3 is 2.52 bits per heavy atom. The minimum Gasteiger partial charge on any atom is -0.327 e. The van der Waals surface area contributed by atoms with E-state index in [1.54, 1.807) is 0 Å². The lowest BCUT2D eigenvalue weighted by Crippen LogP contribution is -2.40. The van der Waals surface area contributed by atoms with Crippen molar-refractivity contribution in [2.24, 2.45) is 11.7 Å². The second kappa shape index (κ2) is 6.23. The molecule has 1 aromatic rings. The number of benzene rings is 1. The van der Waals surface area contributed by atoms with Crippen molar-refractivity contribution in [1.29, 1.82) is 0 Å². The van der Waals surface area contributed by atoms with Crippen molar-refractivity contribution in [3.05, 3.63) is 28.8 Å². The SMILES string of the molecule is NC1CCCCC1C(=O)Nc1cc(Cl)cc(C(F)(F)F)c1. The first-order valence-corrected chi connectivity index (χ1v) is 7.09. The summed E-state index contributed by atoms with van der Waals surface area (Å²) in [5.41, 5.74) is 5.04. The summed E-state index contributed by atoms with van der Waals surface area (Å²) in [5.74, 6) is -0.718. The Balaban J connectivity index is 2.15. The summed E-state index contributed by atoms with van der Waals surface area (Å²) in [6, 6.07) is 2.74. The van der Waals surface area contributed by atoms with Crippen LogP contribution in [0.25, 0.3) is 0 Å². The molecule has 0 aliphatic heterocycles. The maximum absolute atomic E-state index is 12.7. The Morgan fingerprint density at radius 2 is 1.90 bits per heavy atom. The topological polar surface area (TPSA) is 55.1 Å². The lowest BCUT2D eigenvalue weighted by atomic mass is 9.84. The van der Waals surface area contributed by atoms with Crippen molar-refractivity contribution in [3.63, 3.8) is 0 Å². The Morgan fingerprint density at radius 1 is 1.24 bits per heavy atom. The van der Waals surface area contributed by atoms with Gasteiger partial charge in [-0.1, -0.05) is 24.4 Å². The lowest BCUT2D eigenvalue weighted by molar-refractivity contribution is -0.137. The van der Waals surface area contributed by atoms with E-state index >= 15 is 0 Å². The molecular formula is C14H16ClF3N2O. The zero-order valence-electron chi connectivity index (χ0n) is 11.2. The Labute approximate surface area is 125 Å². The molecule has 0 radical (unpaired) electrons. The van der Waals surface area contributed by atoms with Crippen molar-refractivity contribution in [1.82, 2.24) is 0 Å². The fourth-order valence-corrected chi connectivity index (χ4v) is 2.78. The van der Waals surface area contributed by atoms with Crippen molar-refractivity contribution < 1.29 is 18.0 Å². The van der Waals surface area contributed by atoms with E-state index in [1.807, 2.05) is 0 Å². The van der Waals surface area contributed by atoms with Crippen LogP contribution in [0.4, 0.5) is 18.9 Å². The Hall–Kier alpha value is -1.27. The third-order valence-corrected chi connectivity index (χ3v) is 3.87. The van der Waals surface area contributed by atoms with Crippen LogP contribution in [-0.4, -0.2) is 11.9 Å². The molecule has 0 aromatic heterocycles. The quantitative estimate of drug-likeness (QED) is 0.870. The number of amides is 1. The molecular weight excluding hydrogens is 305 g/mol. The van der Waals surface area contributed by atoms with Gasteiger partial charge in [0.05, 0.1) is 11.5 Å². The average molecular weight is 321 g/mol. The van der Waals surface area contributed by atoms with Gasteiger partial charge >= 0.3 is 6.18 Å².